The van der Waals surface area contributed by atoms with Crippen molar-refractivity contribution in [1.82, 2.24) is 9.80 Å². The van der Waals surface area contributed by atoms with Crippen LogP contribution in [0.5, 0.6) is 0 Å². The second kappa shape index (κ2) is 5.80. The van der Waals surface area contributed by atoms with E-state index in [1.165, 1.54) is 6.42 Å². The van der Waals surface area contributed by atoms with Gasteiger partial charge in [0.15, 0.2) is 0 Å². The summed E-state index contributed by atoms with van der Waals surface area (Å²) in [4.78, 5) is 16.5. The fraction of sp³-hybridized carbons (Fsp3) is 0.933. The van der Waals surface area contributed by atoms with Crippen LogP contribution in [0.25, 0.3) is 0 Å². The summed E-state index contributed by atoms with van der Waals surface area (Å²) in [6.07, 6.45) is 4.59. The smallest absolute Gasteiger partial charge is 0.237 e. The number of aliphatic hydroxyl groups is 1. The summed E-state index contributed by atoms with van der Waals surface area (Å²) in [5.41, 5.74) is -0.577. The van der Waals surface area contributed by atoms with Crippen molar-refractivity contribution in [3.8, 4) is 0 Å². The van der Waals surface area contributed by atoms with Crippen LogP contribution in [-0.4, -0.2) is 58.6 Å². The third-order valence-corrected chi connectivity index (χ3v) is 4.85. The van der Waals surface area contributed by atoms with Crippen LogP contribution < -0.4 is 0 Å². The van der Waals surface area contributed by atoms with E-state index in [9.17, 15) is 9.90 Å². The van der Waals surface area contributed by atoms with Crippen molar-refractivity contribution in [3.63, 3.8) is 0 Å². The molecule has 1 atom stereocenters. The lowest BCUT2D eigenvalue weighted by Gasteiger charge is -2.49. The molecule has 0 aromatic carbocycles. The molecule has 0 aromatic heterocycles. The van der Waals surface area contributed by atoms with Gasteiger partial charge in [-0.15, -0.1) is 0 Å². The quantitative estimate of drug-likeness (QED) is 0.840. The standard InChI is InChI=1S/C15H28N2O2/c1-4-13-7-5-6-8-17(13)14(18)9-16-10-15(19,11-16)12(2)3/h12-13,19H,4-11H2,1-3H3. The van der Waals surface area contributed by atoms with Crippen LogP contribution in [0, 0.1) is 5.92 Å². The summed E-state index contributed by atoms with van der Waals surface area (Å²) in [6, 6.07) is 0.437. The predicted molar refractivity (Wildman–Crippen MR) is 75.9 cm³/mol. The average molecular weight is 268 g/mol. The van der Waals surface area contributed by atoms with Crippen molar-refractivity contribution in [2.24, 2.45) is 5.92 Å². The largest absolute Gasteiger partial charge is 0.387 e. The average Bonchev–Trinajstić information content (AvgIpc) is 2.36. The van der Waals surface area contributed by atoms with Crippen LogP contribution >= 0.6 is 0 Å². The molecule has 0 saturated carbocycles. The zero-order chi connectivity index (χ0) is 14.0. The molecule has 0 spiro atoms. The van der Waals surface area contributed by atoms with Crippen LogP contribution in [0.4, 0.5) is 0 Å². The zero-order valence-electron chi connectivity index (χ0n) is 12.6. The molecule has 0 bridgehead atoms. The van der Waals surface area contributed by atoms with Gasteiger partial charge in [0.1, 0.15) is 0 Å². The molecule has 0 aliphatic carbocycles. The Bertz CT molecular complexity index is 324. The van der Waals surface area contributed by atoms with Crippen LogP contribution in [0.1, 0.15) is 46.5 Å². The highest BCUT2D eigenvalue weighted by atomic mass is 16.3. The van der Waals surface area contributed by atoms with Crippen molar-refractivity contribution in [3.05, 3.63) is 0 Å². The SMILES string of the molecule is CCC1CCCCN1C(=O)CN1CC(O)(C(C)C)C1. The summed E-state index contributed by atoms with van der Waals surface area (Å²) in [6.45, 7) is 8.92. The van der Waals surface area contributed by atoms with Crippen molar-refractivity contribution >= 4 is 5.91 Å². The van der Waals surface area contributed by atoms with Crippen LogP contribution in [0.2, 0.25) is 0 Å². The van der Waals surface area contributed by atoms with E-state index in [0.29, 0.717) is 25.7 Å². The van der Waals surface area contributed by atoms with Gasteiger partial charge in [-0.3, -0.25) is 9.69 Å². The van der Waals surface area contributed by atoms with Gasteiger partial charge in [-0.05, 0) is 31.6 Å². The summed E-state index contributed by atoms with van der Waals surface area (Å²) in [5, 5.41) is 10.2. The van der Waals surface area contributed by atoms with Gasteiger partial charge in [0.2, 0.25) is 5.91 Å². The Morgan fingerprint density at radius 3 is 2.63 bits per heavy atom. The Morgan fingerprint density at radius 1 is 1.37 bits per heavy atom. The molecule has 2 saturated heterocycles. The normalized spacial score (nSPS) is 27.4. The van der Waals surface area contributed by atoms with E-state index in [1.54, 1.807) is 0 Å². The number of carbonyl (C=O) groups is 1. The molecule has 2 aliphatic heterocycles. The molecule has 1 amide bonds. The Balaban J connectivity index is 1.82. The molecule has 4 heteroatoms. The first kappa shape index (κ1) is 14.8. The lowest BCUT2D eigenvalue weighted by Crippen LogP contribution is -2.66. The molecule has 110 valence electrons. The van der Waals surface area contributed by atoms with Gasteiger partial charge in [0.25, 0.3) is 0 Å². The van der Waals surface area contributed by atoms with Gasteiger partial charge < -0.3 is 10.0 Å². The summed E-state index contributed by atoms with van der Waals surface area (Å²) >= 11 is 0. The first-order valence-electron chi connectivity index (χ1n) is 7.70. The third kappa shape index (κ3) is 3.11. The topological polar surface area (TPSA) is 43.8 Å². The monoisotopic (exact) mass is 268 g/mol. The van der Waals surface area contributed by atoms with Crippen molar-refractivity contribution < 1.29 is 9.90 Å². The molecule has 2 heterocycles. The molecule has 19 heavy (non-hydrogen) atoms. The number of hydrogen-bond donors (Lipinski definition) is 1. The van der Waals surface area contributed by atoms with Crippen molar-refractivity contribution in [2.75, 3.05) is 26.2 Å². The molecular weight excluding hydrogens is 240 g/mol. The molecule has 1 unspecified atom stereocenters. The maximum atomic E-state index is 12.4. The number of likely N-dealkylation sites (tertiary alicyclic amines) is 2. The van der Waals surface area contributed by atoms with E-state index < -0.39 is 5.60 Å². The van der Waals surface area contributed by atoms with E-state index in [0.717, 1.165) is 25.8 Å². The van der Waals surface area contributed by atoms with Crippen LogP contribution in [-0.2, 0) is 4.79 Å². The minimum atomic E-state index is -0.577. The summed E-state index contributed by atoms with van der Waals surface area (Å²) in [7, 11) is 0. The lowest BCUT2D eigenvalue weighted by molar-refractivity contribution is -0.151. The summed E-state index contributed by atoms with van der Waals surface area (Å²) < 4.78 is 0. The number of hydrogen-bond acceptors (Lipinski definition) is 3. The highest BCUT2D eigenvalue weighted by Crippen LogP contribution is 2.28. The van der Waals surface area contributed by atoms with Gasteiger partial charge in [-0.2, -0.15) is 0 Å². The van der Waals surface area contributed by atoms with Crippen molar-refractivity contribution in [1.29, 1.82) is 0 Å². The van der Waals surface area contributed by atoms with E-state index in [-0.39, 0.29) is 11.8 Å². The number of amides is 1. The number of carbonyl (C=O) groups excluding carboxylic acids is 1. The van der Waals surface area contributed by atoms with E-state index in [4.69, 9.17) is 0 Å². The molecule has 2 rings (SSSR count). The third-order valence-electron chi connectivity index (χ3n) is 4.85. The second-order valence-electron chi connectivity index (χ2n) is 6.55. The first-order valence-corrected chi connectivity index (χ1v) is 7.70. The Labute approximate surface area is 116 Å². The Morgan fingerprint density at radius 2 is 2.05 bits per heavy atom. The maximum absolute atomic E-state index is 12.4. The van der Waals surface area contributed by atoms with Crippen molar-refractivity contribution in [2.45, 2.75) is 58.1 Å². The predicted octanol–water partition coefficient (Wildman–Crippen LogP) is 1.48. The molecule has 1 N–H and O–H groups in total. The summed E-state index contributed by atoms with van der Waals surface area (Å²) in [5.74, 6) is 0.509. The fourth-order valence-corrected chi connectivity index (χ4v) is 3.24. The van der Waals surface area contributed by atoms with E-state index >= 15 is 0 Å². The van der Waals surface area contributed by atoms with Gasteiger partial charge >= 0.3 is 0 Å². The highest BCUT2D eigenvalue weighted by molar-refractivity contribution is 5.78. The zero-order valence-corrected chi connectivity index (χ0v) is 12.6. The molecule has 4 nitrogen and oxygen atoms in total. The van der Waals surface area contributed by atoms with Gasteiger partial charge in [0.05, 0.1) is 12.1 Å². The molecule has 2 fully saturated rings. The van der Waals surface area contributed by atoms with Crippen LogP contribution in [0.15, 0.2) is 0 Å². The second-order valence-corrected chi connectivity index (χ2v) is 6.55. The minimum absolute atomic E-state index is 0.248. The molecule has 0 aromatic rings. The number of β-amino-alcohol motifs (C(OH)–C–C–N with tert-alkyl or cyclic N) is 1. The first-order chi connectivity index (χ1) is 8.96. The fourth-order valence-electron chi connectivity index (χ4n) is 3.24. The molecule has 2 aliphatic rings. The number of nitrogens with zero attached hydrogens (tertiary/aromatic N) is 2. The Kier molecular flexibility index (Phi) is 4.51. The minimum Gasteiger partial charge on any atom is -0.387 e. The van der Waals surface area contributed by atoms with E-state index in [2.05, 4.69) is 16.7 Å². The van der Waals surface area contributed by atoms with Gasteiger partial charge in [-0.1, -0.05) is 20.8 Å². The maximum Gasteiger partial charge on any atom is 0.237 e. The molecular formula is C15H28N2O2. The van der Waals surface area contributed by atoms with Gasteiger partial charge in [-0.25, -0.2) is 0 Å². The van der Waals surface area contributed by atoms with Gasteiger partial charge in [0, 0.05) is 25.7 Å². The highest BCUT2D eigenvalue weighted by Gasteiger charge is 2.44. The molecule has 0 radical (unpaired) electrons. The van der Waals surface area contributed by atoms with Crippen LogP contribution in [0.3, 0.4) is 0 Å². The number of piperidine rings is 1. The Hall–Kier alpha value is -0.610. The lowest BCUT2D eigenvalue weighted by atomic mass is 9.83. The number of rotatable bonds is 4. The van der Waals surface area contributed by atoms with E-state index in [1.807, 2.05) is 13.8 Å².